The van der Waals surface area contributed by atoms with Crippen LogP contribution in [0.15, 0.2) is 0 Å². The van der Waals surface area contributed by atoms with Crippen molar-refractivity contribution in [2.75, 3.05) is 53.0 Å². The van der Waals surface area contributed by atoms with Gasteiger partial charge in [-0.3, -0.25) is 4.79 Å². The van der Waals surface area contributed by atoms with Gasteiger partial charge in [0.15, 0.2) is 0 Å². The lowest BCUT2D eigenvalue weighted by molar-refractivity contribution is -0.137. The Morgan fingerprint density at radius 1 is 1.20 bits per heavy atom. The third kappa shape index (κ3) is 3.21. The van der Waals surface area contributed by atoms with Crippen LogP contribution in [-0.2, 0) is 14.3 Å². The third-order valence-electron chi connectivity index (χ3n) is 3.89. The van der Waals surface area contributed by atoms with Gasteiger partial charge in [-0.1, -0.05) is 6.92 Å². The Bertz CT molecular complexity index is 356. The number of carbonyl (C=O) groups excluding carboxylic acids is 2. The first-order chi connectivity index (χ1) is 9.67. The Balaban J connectivity index is 1.86. The molecule has 2 rings (SSSR count). The van der Waals surface area contributed by atoms with E-state index in [9.17, 15) is 9.59 Å². The minimum Gasteiger partial charge on any atom is -0.453 e. The van der Waals surface area contributed by atoms with Crippen LogP contribution in [0.25, 0.3) is 0 Å². The molecule has 1 N–H and O–H groups in total. The molecule has 2 aliphatic rings. The lowest BCUT2D eigenvalue weighted by Gasteiger charge is -2.35. The van der Waals surface area contributed by atoms with E-state index in [1.807, 2.05) is 11.8 Å². The summed E-state index contributed by atoms with van der Waals surface area (Å²) in [5, 5.41) is 3.29. The van der Waals surface area contributed by atoms with E-state index in [0.29, 0.717) is 39.4 Å². The maximum Gasteiger partial charge on any atom is 0.409 e. The molecule has 2 aliphatic heterocycles. The van der Waals surface area contributed by atoms with Crippen LogP contribution in [-0.4, -0.2) is 80.9 Å². The van der Waals surface area contributed by atoms with E-state index in [1.54, 1.807) is 4.90 Å². The maximum atomic E-state index is 12.5. The van der Waals surface area contributed by atoms with Gasteiger partial charge in [-0.25, -0.2) is 4.79 Å². The number of likely N-dealkylation sites (N-methyl/N-ethyl adjacent to an activating group) is 1. The van der Waals surface area contributed by atoms with E-state index in [0.717, 1.165) is 6.54 Å². The van der Waals surface area contributed by atoms with Crippen molar-refractivity contribution in [2.45, 2.75) is 13.0 Å². The van der Waals surface area contributed by atoms with E-state index < -0.39 is 0 Å². The predicted molar refractivity (Wildman–Crippen MR) is 72.3 cm³/mol. The van der Waals surface area contributed by atoms with Gasteiger partial charge in [0.25, 0.3) is 0 Å². The van der Waals surface area contributed by atoms with E-state index in [4.69, 9.17) is 4.74 Å². The van der Waals surface area contributed by atoms with Crippen molar-refractivity contribution in [3.8, 4) is 0 Å². The lowest BCUT2D eigenvalue weighted by atomic mass is 10.0. The van der Waals surface area contributed by atoms with Crippen molar-refractivity contribution < 1.29 is 19.1 Å². The molecule has 20 heavy (non-hydrogen) atoms. The highest BCUT2D eigenvalue weighted by molar-refractivity contribution is 5.80. The van der Waals surface area contributed by atoms with Crippen molar-refractivity contribution in [3.05, 3.63) is 0 Å². The molecule has 0 aromatic rings. The van der Waals surface area contributed by atoms with Crippen molar-refractivity contribution >= 4 is 12.0 Å². The highest BCUT2D eigenvalue weighted by Gasteiger charge is 2.37. The van der Waals surface area contributed by atoms with E-state index in [1.165, 1.54) is 7.11 Å². The number of nitrogens with zero attached hydrogens (tertiary/aromatic N) is 2. The zero-order valence-corrected chi connectivity index (χ0v) is 12.1. The summed E-state index contributed by atoms with van der Waals surface area (Å²) in [6.07, 6.45) is -0.327. The summed E-state index contributed by atoms with van der Waals surface area (Å²) in [6.45, 7) is 6.09. The number of methoxy groups -OCH3 is 1. The fraction of sp³-hybridized carbons (Fsp3) is 0.846. The number of hydrogen-bond donors (Lipinski definition) is 1. The van der Waals surface area contributed by atoms with Gasteiger partial charge in [0.05, 0.1) is 26.2 Å². The molecule has 0 bridgehead atoms. The average molecular weight is 285 g/mol. The van der Waals surface area contributed by atoms with Gasteiger partial charge in [-0.05, 0) is 6.54 Å². The lowest BCUT2D eigenvalue weighted by Crippen LogP contribution is -2.54. The molecule has 2 saturated heterocycles. The fourth-order valence-electron chi connectivity index (χ4n) is 2.73. The Hall–Kier alpha value is -1.34. The van der Waals surface area contributed by atoms with Crippen LogP contribution < -0.4 is 5.32 Å². The third-order valence-corrected chi connectivity index (χ3v) is 3.89. The van der Waals surface area contributed by atoms with Gasteiger partial charge in [0.2, 0.25) is 5.91 Å². The minimum atomic E-state index is -0.327. The molecule has 7 nitrogen and oxygen atoms in total. The first-order valence-corrected chi connectivity index (χ1v) is 7.10. The molecule has 2 atom stereocenters. The SMILES string of the molecule is CCNC1COCC1C(=O)N1CCN(C(=O)OC)CC1. The molecule has 0 aliphatic carbocycles. The maximum absolute atomic E-state index is 12.5. The number of piperazine rings is 1. The largest absolute Gasteiger partial charge is 0.453 e. The Morgan fingerprint density at radius 3 is 2.45 bits per heavy atom. The average Bonchev–Trinajstić information content (AvgIpc) is 2.94. The smallest absolute Gasteiger partial charge is 0.409 e. The quantitative estimate of drug-likeness (QED) is 0.758. The normalized spacial score (nSPS) is 26.7. The molecule has 2 heterocycles. The Labute approximate surface area is 119 Å². The summed E-state index contributed by atoms with van der Waals surface area (Å²) >= 11 is 0. The topological polar surface area (TPSA) is 71.1 Å². The van der Waals surface area contributed by atoms with E-state index in [2.05, 4.69) is 10.1 Å². The van der Waals surface area contributed by atoms with Crippen LogP contribution >= 0.6 is 0 Å². The highest BCUT2D eigenvalue weighted by atomic mass is 16.5. The fourth-order valence-corrected chi connectivity index (χ4v) is 2.73. The molecule has 2 fully saturated rings. The number of rotatable bonds is 3. The molecule has 0 aromatic heterocycles. The monoisotopic (exact) mass is 285 g/mol. The molecule has 0 saturated carbocycles. The molecule has 114 valence electrons. The molecule has 0 spiro atoms. The van der Waals surface area contributed by atoms with Gasteiger partial charge in [-0.15, -0.1) is 0 Å². The van der Waals surface area contributed by atoms with Crippen molar-refractivity contribution in [2.24, 2.45) is 5.92 Å². The van der Waals surface area contributed by atoms with Crippen LogP contribution in [0.1, 0.15) is 6.92 Å². The molecule has 2 unspecified atom stereocenters. The highest BCUT2D eigenvalue weighted by Crippen LogP contribution is 2.18. The molecular weight excluding hydrogens is 262 g/mol. The first-order valence-electron chi connectivity index (χ1n) is 7.10. The van der Waals surface area contributed by atoms with Crippen molar-refractivity contribution in [1.29, 1.82) is 0 Å². The van der Waals surface area contributed by atoms with Crippen molar-refractivity contribution in [3.63, 3.8) is 0 Å². The van der Waals surface area contributed by atoms with Gasteiger partial charge in [0.1, 0.15) is 0 Å². The molecular formula is C13H23N3O4. The summed E-state index contributed by atoms with van der Waals surface area (Å²) in [5.74, 6) is 0.0117. The standard InChI is InChI=1S/C13H23N3O4/c1-3-14-11-9-20-8-10(11)12(17)15-4-6-16(7-5-15)13(18)19-2/h10-11,14H,3-9H2,1-2H3. The Morgan fingerprint density at radius 2 is 1.85 bits per heavy atom. The number of nitrogens with one attached hydrogen (secondary N) is 1. The molecule has 0 aromatic carbocycles. The second-order valence-electron chi connectivity index (χ2n) is 5.09. The number of carbonyl (C=O) groups is 2. The van der Waals surface area contributed by atoms with Crippen LogP contribution in [0.2, 0.25) is 0 Å². The summed E-state index contributed by atoms with van der Waals surface area (Å²) in [7, 11) is 1.37. The summed E-state index contributed by atoms with van der Waals surface area (Å²) in [6, 6.07) is 0.103. The molecule has 7 heteroatoms. The van der Waals surface area contributed by atoms with Crippen molar-refractivity contribution in [1.82, 2.24) is 15.1 Å². The van der Waals surface area contributed by atoms with Gasteiger partial charge < -0.3 is 24.6 Å². The van der Waals surface area contributed by atoms with Crippen LogP contribution in [0.4, 0.5) is 4.79 Å². The summed E-state index contributed by atoms with van der Waals surface area (Å²) in [5.41, 5.74) is 0. The summed E-state index contributed by atoms with van der Waals surface area (Å²) < 4.78 is 10.1. The van der Waals surface area contributed by atoms with E-state index >= 15 is 0 Å². The van der Waals surface area contributed by atoms with Crippen LogP contribution in [0, 0.1) is 5.92 Å². The Kier molecular flexibility index (Phi) is 5.19. The molecule has 2 amide bonds. The predicted octanol–water partition coefficient (Wildman–Crippen LogP) is -0.478. The van der Waals surface area contributed by atoms with E-state index in [-0.39, 0.29) is 24.0 Å². The van der Waals surface area contributed by atoms with Crippen LogP contribution in [0.3, 0.4) is 0 Å². The van der Waals surface area contributed by atoms with Gasteiger partial charge in [-0.2, -0.15) is 0 Å². The number of amides is 2. The first kappa shape index (κ1) is 15.1. The zero-order valence-electron chi connectivity index (χ0n) is 12.1. The van der Waals surface area contributed by atoms with Gasteiger partial charge in [0, 0.05) is 32.2 Å². The number of hydrogen-bond acceptors (Lipinski definition) is 5. The number of ether oxygens (including phenoxy) is 2. The summed E-state index contributed by atoms with van der Waals surface area (Å²) in [4.78, 5) is 27.4. The zero-order chi connectivity index (χ0) is 14.5. The van der Waals surface area contributed by atoms with Gasteiger partial charge >= 0.3 is 6.09 Å². The second kappa shape index (κ2) is 6.90. The second-order valence-corrected chi connectivity index (χ2v) is 5.09. The minimum absolute atomic E-state index is 0.103. The molecule has 0 radical (unpaired) electrons. The van der Waals surface area contributed by atoms with Crippen LogP contribution in [0.5, 0.6) is 0 Å².